The molecule has 1 atom stereocenters. The fourth-order valence-electron chi connectivity index (χ4n) is 3.42. The molecule has 158 valence electrons. The predicted octanol–water partition coefficient (Wildman–Crippen LogP) is 5.83. The first kappa shape index (κ1) is 22.0. The molecule has 0 saturated heterocycles. The number of nitrogens with one attached hydrogen (secondary N) is 1. The first-order valence-corrected chi connectivity index (χ1v) is 11.4. The average Bonchev–Trinajstić information content (AvgIpc) is 3.20. The van der Waals surface area contributed by atoms with Crippen LogP contribution in [-0.2, 0) is 17.6 Å². The van der Waals surface area contributed by atoms with Gasteiger partial charge in [-0.2, -0.15) is 0 Å². The molecule has 2 aromatic carbocycles. The quantitative estimate of drug-likeness (QED) is 0.472. The number of aryl methyl sites for hydroxylation is 1. The number of carbonyl (C=O) groups is 1. The van der Waals surface area contributed by atoms with Crippen molar-refractivity contribution in [2.24, 2.45) is 5.92 Å². The molecule has 0 aliphatic rings. The van der Waals surface area contributed by atoms with E-state index in [-0.39, 0.29) is 18.4 Å². The number of hydrogen-bond donors (Lipinski definition) is 1. The zero-order valence-electron chi connectivity index (χ0n) is 18.1. The number of carbonyl (C=O) groups excluding carboxylic acids is 1. The standard InChI is InChI=1S/C25H30N2O2S/c1-5-18-11-13-19(14-12-18)24(17(3)4)27-23(28)15-20-16-30-25(26-20)21-9-7-8-10-22(21)29-6-2/h7-14,16-17,24H,5-6,15H2,1-4H3,(H,27,28). The molecule has 0 aliphatic carbocycles. The summed E-state index contributed by atoms with van der Waals surface area (Å²) in [5.74, 6) is 1.11. The van der Waals surface area contributed by atoms with Gasteiger partial charge in [0.05, 0.1) is 30.3 Å². The van der Waals surface area contributed by atoms with Crippen LogP contribution in [0.15, 0.2) is 53.9 Å². The molecule has 0 saturated carbocycles. The van der Waals surface area contributed by atoms with Gasteiger partial charge in [0, 0.05) is 5.38 Å². The lowest BCUT2D eigenvalue weighted by Crippen LogP contribution is -2.32. The normalized spacial score (nSPS) is 12.0. The van der Waals surface area contributed by atoms with Crippen LogP contribution >= 0.6 is 11.3 Å². The van der Waals surface area contributed by atoms with Gasteiger partial charge in [0.15, 0.2) is 0 Å². The molecule has 0 fully saturated rings. The van der Waals surface area contributed by atoms with E-state index in [2.05, 4.69) is 55.3 Å². The third-order valence-electron chi connectivity index (χ3n) is 5.04. The molecule has 30 heavy (non-hydrogen) atoms. The highest BCUT2D eigenvalue weighted by Gasteiger charge is 2.19. The van der Waals surface area contributed by atoms with E-state index in [0.29, 0.717) is 12.5 Å². The monoisotopic (exact) mass is 422 g/mol. The Kier molecular flexibility index (Phi) is 7.63. The summed E-state index contributed by atoms with van der Waals surface area (Å²) in [5.41, 5.74) is 4.18. The van der Waals surface area contributed by atoms with Crippen molar-refractivity contribution in [1.82, 2.24) is 10.3 Å². The van der Waals surface area contributed by atoms with Gasteiger partial charge in [0.2, 0.25) is 5.91 Å². The zero-order chi connectivity index (χ0) is 21.5. The fourth-order valence-corrected chi connectivity index (χ4v) is 4.27. The first-order valence-electron chi connectivity index (χ1n) is 10.6. The summed E-state index contributed by atoms with van der Waals surface area (Å²) in [5, 5.41) is 6.03. The highest BCUT2D eigenvalue weighted by atomic mass is 32.1. The number of hydrogen-bond acceptors (Lipinski definition) is 4. The molecule has 1 N–H and O–H groups in total. The number of thiazole rings is 1. The molecular formula is C25H30N2O2S. The van der Waals surface area contributed by atoms with Crippen LogP contribution in [0.3, 0.4) is 0 Å². The minimum Gasteiger partial charge on any atom is -0.493 e. The number of rotatable bonds is 9. The van der Waals surface area contributed by atoms with E-state index in [1.54, 1.807) is 0 Å². The smallest absolute Gasteiger partial charge is 0.226 e. The fraction of sp³-hybridized carbons (Fsp3) is 0.360. The van der Waals surface area contributed by atoms with Crippen molar-refractivity contribution in [3.63, 3.8) is 0 Å². The van der Waals surface area contributed by atoms with Gasteiger partial charge >= 0.3 is 0 Å². The number of aromatic nitrogens is 1. The number of ether oxygens (including phenoxy) is 1. The minimum absolute atomic E-state index is 0.0109. The van der Waals surface area contributed by atoms with Crippen LogP contribution in [0.5, 0.6) is 5.75 Å². The van der Waals surface area contributed by atoms with Gasteiger partial charge in [0.25, 0.3) is 0 Å². The Bertz CT molecular complexity index is 963. The van der Waals surface area contributed by atoms with Crippen LogP contribution in [0, 0.1) is 5.92 Å². The summed E-state index contributed by atoms with van der Waals surface area (Å²) in [6.45, 7) is 8.98. The molecule has 3 rings (SSSR count). The molecule has 4 nitrogen and oxygen atoms in total. The SMILES string of the molecule is CCOc1ccccc1-c1nc(CC(=O)NC(c2ccc(CC)cc2)C(C)C)cs1. The number of benzene rings is 2. The molecule has 0 bridgehead atoms. The molecule has 0 radical (unpaired) electrons. The van der Waals surface area contributed by atoms with Crippen LogP contribution in [0.2, 0.25) is 0 Å². The van der Waals surface area contributed by atoms with E-state index in [4.69, 9.17) is 4.74 Å². The van der Waals surface area contributed by atoms with Crippen molar-refractivity contribution in [2.75, 3.05) is 6.61 Å². The molecule has 5 heteroatoms. The zero-order valence-corrected chi connectivity index (χ0v) is 19.0. The summed E-state index contributed by atoms with van der Waals surface area (Å²) >= 11 is 1.54. The first-order chi connectivity index (χ1) is 14.5. The van der Waals surface area contributed by atoms with Crippen molar-refractivity contribution in [3.8, 4) is 16.3 Å². The maximum Gasteiger partial charge on any atom is 0.226 e. The third kappa shape index (κ3) is 5.48. The topological polar surface area (TPSA) is 51.2 Å². The lowest BCUT2D eigenvalue weighted by molar-refractivity contribution is -0.121. The Morgan fingerprint density at radius 2 is 1.83 bits per heavy atom. The Hall–Kier alpha value is -2.66. The predicted molar refractivity (Wildman–Crippen MR) is 124 cm³/mol. The van der Waals surface area contributed by atoms with Crippen molar-refractivity contribution in [1.29, 1.82) is 0 Å². The molecule has 1 aromatic heterocycles. The lowest BCUT2D eigenvalue weighted by atomic mass is 9.94. The Labute approximate surface area is 183 Å². The summed E-state index contributed by atoms with van der Waals surface area (Å²) < 4.78 is 5.71. The Balaban J connectivity index is 1.70. The van der Waals surface area contributed by atoms with Gasteiger partial charge < -0.3 is 10.1 Å². The number of amides is 1. The van der Waals surface area contributed by atoms with Crippen molar-refractivity contribution >= 4 is 17.2 Å². The second-order valence-corrected chi connectivity index (χ2v) is 8.49. The maximum atomic E-state index is 12.8. The summed E-state index contributed by atoms with van der Waals surface area (Å²) in [6, 6.07) is 16.4. The van der Waals surface area contributed by atoms with Crippen LogP contribution in [-0.4, -0.2) is 17.5 Å². The summed E-state index contributed by atoms with van der Waals surface area (Å²) in [7, 11) is 0. The van der Waals surface area contributed by atoms with Gasteiger partial charge in [-0.1, -0.05) is 57.2 Å². The molecule has 1 heterocycles. The molecular weight excluding hydrogens is 392 g/mol. The molecule has 3 aromatic rings. The lowest BCUT2D eigenvalue weighted by Gasteiger charge is -2.23. The minimum atomic E-state index is -0.0137. The second-order valence-electron chi connectivity index (χ2n) is 7.63. The van der Waals surface area contributed by atoms with Crippen LogP contribution in [0.4, 0.5) is 0 Å². The second kappa shape index (κ2) is 10.4. The van der Waals surface area contributed by atoms with E-state index >= 15 is 0 Å². The van der Waals surface area contributed by atoms with E-state index in [1.165, 1.54) is 16.9 Å². The largest absolute Gasteiger partial charge is 0.493 e. The number of para-hydroxylation sites is 1. The molecule has 0 spiro atoms. The Morgan fingerprint density at radius 3 is 2.50 bits per heavy atom. The van der Waals surface area contributed by atoms with Crippen molar-refractivity contribution < 1.29 is 9.53 Å². The van der Waals surface area contributed by atoms with E-state index in [9.17, 15) is 4.79 Å². The molecule has 0 aliphatic heterocycles. The average molecular weight is 423 g/mol. The summed E-state index contributed by atoms with van der Waals surface area (Å²) in [6.07, 6.45) is 1.28. The van der Waals surface area contributed by atoms with Gasteiger partial charge in [0.1, 0.15) is 10.8 Å². The van der Waals surface area contributed by atoms with Crippen LogP contribution < -0.4 is 10.1 Å². The number of nitrogens with zero attached hydrogens (tertiary/aromatic N) is 1. The highest BCUT2D eigenvalue weighted by Crippen LogP contribution is 2.32. The van der Waals surface area contributed by atoms with Crippen LogP contribution in [0.25, 0.3) is 10.6 Å². The molecule has 1 unspecified atom stereocenters. The van der Waals surface area contributed by atoms with Crippen molar-refractivity contribution in [3.05, 3.63) is 70.7 Å². The third-order valence-corrected chi connectivity index (χ3v) is 5.97. The van der Waals surface area contributed by atoms with E-state index in [1.807, 2.05) is 36.6 Å². The van der Waals surface area contributed by atoms with Gasteiger partial charge in [-0.05, 0) is 42.5 Å². The van der Waals surface area contributed by atoms with Crippen molar-refractivity contribution in [2.45, 2.75) is 46.6 Å². The van der Waals surface area contributed by atoms with Gasteiger partial charge in [-0.3, -0.25) is 4.79 Å². The Morgan fingerprint density at radius 1 is 1.10 bits per heavy atom. The highest BCUT2D eigenvalue weighted by molar-refractivity contribution is 7.13. The maximum absolute atomic E-state index is 12.8. The van der Waals surface area contributed by atoms with E-state index in [0.717, 1.165) is 34.0 Å². The van der Waals surface area contributed by atoms with E-state index < -0.39 is 0 Å². The molecule has 1 amide bonds. The van der Waals surface area contributed by atoms with Gasteiger partial charge in [-0.25, -0.2) is 4.98 Å². The van der Waals surface area contributed by atoms with Crippen LogP contribution in [0.1, 0.15) is 50.6 Å². The summed E-state index contributed by atoms with van der Waals surface area (Å²) in [4.78, 5) is 17.5. The van der Waals surface area contributed by atoms with Gasteiger partial charge in [-0.15, -0.1) is 11.3 Å².